The fourth-order valence-corrected chi connectivity index (χ4v) is 6.70. The predicted octanol–water partition coefficient (Wildman–Crippen LogP) is 5.17. The Morgan fingerprint density at radius 3 is 2.62 bits per heavy atom. The van der Waals surface area contributed by atoms with Gasteiger partial charge in [-0.15, -0.1) is 0 Å². The van der Waals surface area contributed by atoms with Crippen molar-refractivity contribution in [1.29, 1.82) is 0 Å². The smallest absolute Gasteiger partial charge is 0.261 e. The Morgan fingerprint density at radius 2 is 1.81 bits per heavy atom. The highest BCUT2D eigenvalue weighted by molar-refractivity contribution is 8.17. The lowest BCUT2D eigenvalue weighted by Gasteiger charge is -2.32. The molecule has 1 atom stereocenters. The number of fused-ring (bicyclic) bond motifs is 2. The summed E-state index contributed by atoms with van der Waals surface area (Å²) in [5.74, 6) is 1.05. The first-order valence-corrected chi connectivity index (χ1v) is 12.9. The van der Waals surface area contributed by atoms with E-state index in [-0.39, 0.29) is 17.7 Å². The van der Waals surface area contributed by atoms with Crippen LogP contribution in [-0.2, 0) is 16.0 Å². The molecule has 1 saturated heterocycles. The monoisotopic (exact) mass is 449 g/mol. The van der Waals surface area contributed by atoms with Gasteiger partial charge >= 0.3 is 0 Å². The minimum absolute atomic E-state index is 0.0708. The second-order valence-electron chi connectivity index (χ2n) is 9.37. The highest BCUT2D eigenvalue weighted by Crippen LogP contribution is 2.46. The van der Waals surface area contributed by atoms with Gasteiger partial charge in [0.05, 0.1) is 5.04 Å². The largest absolute Gasteiger partial charge is 0.343 e. The molecule has 3 aliphatic heterocycles. The molecular weight excluding hydrogens is 418 g/mol. The molecule has 1 aromatic carbocycles. The van der Waals surface area contributed by atoms with Crippen molar-refractivity contribution in [3.63, 3.8) is 0 Å². The Morgan fingerprint density at radius 1 is 1.03 bits per heavy atom. The number of amidine groups is 1. The van der Waals surface area contributed by atoms with Crippen molar-refractivity contribution >= 4 is 34.5 Å². The molecule has 4 aliphatic rings. The van der Waals surface area contributed by atoms with Gasteiger partial charge in [-0.1, -0.05) is 48.5 Å². The van der Waals surface area contributed by atoms with Gasteiger partial charge in [0.1, 0.15) is 11.8 Å². The van der Waals surface area contributed by atoms with E-state index in [1.165, 1.54) is 28.9 Å². The van der Waals surface area contributed by atoms with E-state index in [1.807, 2.05) is 4.90 Å². The number of carbonyl (C=O) groups is 2. The van der Waals surface area contributed by atoms with Crippen LogP contribution in [0.5, 0.6) is 0 Å². The van der Waals surface area contributed by atoms with Crippen LogP contribution in [0, 0.1) is 11.8 Å². The summed E-state index contributed by atoms with van der Waals surface area (Å²) in [5, 5.41) is 0.904. The third-order valence-electron chi connectivity index (χ3n) is 7.15. The van der Waals surface area contributed by atoms with Crippen molar-refractivity contribution < 1.29 is 9.59 Å². The molecule has 2 amide bonds. The number of aliphatic imine (C=N–C) groups is 2. The highest BCUT2D eigenvalue weighted by Gasteiger charge is 2.40. The second kappa shape index (κ2) is 9.74. The zero-order chi connectivity index (χ0) is 21.9. The number of carbonyl (C=O) groups excluding carboxylic acids is 2. The van der Waals surface area contributed by atoms with Crippen molar-refractivity contribution in [2.24, 2.45) is 21.8 Å². The number of likely N-dealkylation sites (tertiary alicyclic amines) is 1. The normalized spacial score (nSPS) is 23.9. The summed E-state index contributed by atoms with van der Waals surface area (Å²) in [7, 11) is 0. The quantitative estimate of drug-likeness (QED) is 0.623. The summed E-state index contributed by atoms with van der Waals surface area (Å²) < 4.78 is 0. The average molecular weight is 450 g/mol. The maximum atomic E-state index is 12.8. The second-order valence-corrected chi connectivity index (χ2v) is 10.5. The fraction of sp³-hybridized carbons (Fsp3) is 0.538. The maximum Gasteiger partial charge on any atom is 0.261 e. The van der Waals surface area contributed by atoms with E-state index in [0.717, 1.165) is 56.7 Å². The highest BCUT2D eigenvalue weighted by atomic mass is 32.2. The SMILES string of the molecule is O=C1N=C(CCC(=O)N2CCC(Cc3ccccc3)CC2)N=C2SC3=C(CCCCC3)C12. The molecule has 1 aromatic rings. The van der Waals surface area contributed by atoms with Crippen LogP contribution < -0.4 is 0 Å². The average Bonchev–Trinajstić information content (AvgIpc) is 3.00. The summed E-state index contributed by atoms with van der Waals surface area (Å²) in [6, 6.07) is 10.6. The van der Waals surface area contributed by atoms with Gasteiger partial charge < -0.3 is 4.90 Å². The first-order chi connectivity index (χ1) is 15.7. The molecule has 1 fully saturated rings. The van der Waals surface area contributed by atoms with Crippen molar-refractivity contribution in [3.8, 4) is 0 Å². The van der Waals surface area contributed by atoms with Gasteiger partial charge in [-0.25, -0.2) is 4.99 Å². The Kier molecular flexibility index (Phi) is 6.58. The molecule has 0 N–H and O–H groups in total. The standard InChI is InChI=1S/C26H31N3O2S/c30-23(29-15-13-19(14-16-29)17-18-7-3-1-4-8-18)12-11-22-27-25(31)24-20-9-5-2-6-10-21(20)32-26(24)28-22/h1,3-4,7-8,19,24H,2,5-6,9-17H2. The van der Waals surface area contributed by atoms with Gasteiger partial charge in [0.2, 0.25) is 5.91 Å². The lowest BCUT2D eigenvalue weighted by atomic mass is 9.90. The lowest BCUT2D eigenvalue weighted by molar-refractivity contribution is -0.132. The number of rotatable bonds is 5. The molecule has 0 bridgehead atoms. The van der Waals surface area contributed by atoms with Crippen LogP contribution in [0.4, 0.5) is 0 Å². The van der Waals surface area contributed by atoms with E-state index in [1.54, 1.807) is 11.8 Å². The Bertz CT molecular complexity index is 974. The first-order valence-electron chi connectivity index (χ1n) is 12.1. The summed E-state index contributed by atoms with van der Waals surface area (Å²) in [5.41, 5.74) is 2.65. The molecular formula is C26H31N3O2S. The van der Waals surface area contributed by atoms with E-state index >= 15 is 0 Å². The minimum atomic E-state index is -0.226. The van der Waals surface area contributed by atoms with E-state index < -0.39 is 0 Å². The zero-order valence-electron chi connectivity index (χ0n) is 18.6. The lowest BCUT2D eigenvalue weighted by Crippen LogP contribution is -2.39. The number of nitrogens with zero attached hydrogens (tertiary/aromatic N) is 3. The Hall–Kier alpha value is -2.21. The molecule has 0 saturated carbocycles. The van der Waals surface area contributed by atoms with Crippen LogP contribution in [0.25, 0.3) is 0 Å². The number of hydrogen-bond donors (Lipinski definition) is 0. The van der Waals surface area contributed by atoms with E-state index in [4.69, 9.17) is 4.99 Å². The van der Waals surface area contributed by atoms with Crippen LogP contribution in [0.15, 0.2) is 50.8 Å². The van der Waals surface area contributed by atoms with E-state index in [9.17, 15) is 9.59 Å². The number of benzene rings is 1. The fourth-order valence-electron chi connectivity index (χ4n) is 5.34. The molecule has 5 rings (SSSR count). The molecule has 3 heterocycles. The molecule has 1 aliphatic carbocycles. The summed E-state index contributed by atoms with van der Waals surface area (Å²) >= 11 is 1.70. The maximum absolute atomic E-state index is 12.8. The van der Waals surface area contributed by atoms with Crippen molar-refractivity contribution in [2.45, 2.75) is 64.2 Å². The van der Waals surface area contributed by atoms with Crippen LogP contribution >= 0.6 is 11.8 Å². The van der Waals surface area contributed by atoms with Crippen molar-refractivity contribution in [2.75, 3.05) is 13.1 Å². The molecule has 0 spiro atoms. The first kappa shape index (κ1) is 21.6. The zero-order valence-corrected chi connectivity index (χ0v) is 19.4. The van der Waals surface area contributed by atoms with Gasteiger partial charge in [-0.2, -0.15) is 4.99 Å². The van der Waals surface area contributed by atoms with Gasteiger partial charge in [-0.3, -0.25) is 9.59 Å². The van der Waals surface area contributed by atoms with Gasteiger partial charge in [0, 0.05) is 25.9 Å². The van der Waals surface area contributed by atoms with Crippen LogP contribution in [0.1, 0.15) is 63.4 Å². The predicted molar refractivity (Wildman–Crippen MR) is 130 cm³/mol. The molecule has 6 heteroatoms. The van der Waals surface area contributed by atoms with Gasteiger partial charge in [0.15, 0.2) is 0 Å². The molecule has 1 unspecified atom stereocenters. The molecule has 168 valence electrons. The van der Waals surface area contributed by atoms with Crippen molar-refractivity contribution in [1.82, 2.24) is 4.90 Å². The van der Waals surface area contributed by atoms with Crippen molar-refractivity contribution in [3.05, 3.63) is 46.4 Å². The third-order valence-corrected chi connectivity index (χ3v) is 8.40. The number of hydrogen-bond acceptors (Lipinski definition) is 4. The summed E-state index contributed by atoms with van der Waals surface area (Å²) in [6.07, 6.45) is 9.70. The molecule has 0 radical (unpaired) electrons. The van der Waals surface area contributed by atoms with E-state index in [2.05, 4.69) is 35.3 Å². The number of thioether (sulfide) groups is 1. The summed E-state index contributed by atoms with van der Waals surface area (Å²) in [6.45, 7) is 1.65. The Labute approximate surface area is 194 Å². The third kappa shape index (κ3) is 4.75. The minimum Gasteiger partial charge on any atom is -0.343 e. The van der Waals surface area contributed by atoms with Crippen LogP contribution in [0.3, 0.4) is 0 Å². The molecule has 32 heavy (non-hydrogen) atoms. The van der Waals surface area contributed by atoms with Gasteiger partial charge in [-0.05, 0) is 66.9 Å². The van der Waals surface area contributed by atoms with Gasteiger partial charge in [0.25, 0.3) is 5.91 Å². The number of piperidine rings is 1. The van der Waals surface area contributed by atoms with Crippen LogP contribution in [0.2, 0.25) is 0 Å². The topological polar surface area (TPSA) is 62.1 Å². The summed E-state index contributed by atoms with van der Waals surface area (Å²) in [4.78, 5) is 37.9. The molecule has 0 aromatic heterocycles. The number of amides is 2. The van der Waals surface area contributed by atoms with Crippen LogP contribution in [-0.4, -0.2) is 40.7 Å². The number of allylic oxidation sites excluding steroid dienone is 1. The Balaban J connectivity index is 1.11. The molecule has 5 nitrogen and oxygen atoms in total. The van der Waals surface area contributed by atoms with E-state index in [0.29, 0.717) is 24.6 Å².